The number of thioether (sulfide) groups is 1. The second-order valence-corrected chi connectivity index (χ2v) is 11.5. The fourth-order valence-electron chi connectivity index (χ4n) is 3.41. The number of carbonyl (C=O) groups is 1. The normalized spacial score (nSPS) is 12.1. The summed E-state index contributed by atoms with van der Waals surface area (Å²) in [6, 6.07) is 12.2. The Morgan fingerprint density at radius 3 is 2.27 bits per heavy atom. The zero-order valence-corrected chi connectivity index (χ0v) is 22.1. The number of amides is 1. The van der Waals surface area contributed by atoms with E-state index in [1.807, 2.05) is 57.3 Å². The number of carbonyl (C=O) groups excluding carboxylic acids is 1. The van der Waals surface area contributed by atoms with Crippen molar-refractivity contribution >= 4 is 54.4 Å². The van der Waals surface area contributed by atoms with Gasteiger partial charge in [0.1, 0.15) is 0 Å². The quantitative estimate of drug-likeness (QED) is 0.383. The third-order valence-electron chi connectivity index (χ3n) is 5.28. The van der Waals surface area contributed by atoms with Crippen LogP contribution in [-0.4, -0.2) is 75.0 Å². The summed E-state index contributed by atoms with van der Waals surface area (Å²) in [7, 11) is 0.343. The Hall–Kier alpha value is -1.98. The second kappa shape index (κ2) is 11.0. The summed E-state index contributed by atoms with van der Waals surface area (Å²) in [5.74, 6) is -0.201. The van der Waals surface area contributed by atoms with Crippen molar-refractivity contribution in [2.75, 3.05) is 51.4 Å². The molecule has 2 aromatic carbocycles. The van der Waals surface area contributed by atoms with Crippen LogP contribution in [0.4, 0.5) is 5.13 Å². The predicted octanol–water partition coefficient (Wildman–Crippen LogP) is 4.26. The van der Waals surface area contributed by atoms with Gasteiger partial charge < -0.3 is 4.90 Å². The van der Waals surface area contributed by atoms with Crippen LogP contribution in [0, 0.1) is 0 Å². The molecular formula is C23H30N4O3S3. The van der Waals surface area contributed by atoms with E-state index < -0.39 is 10.0 Å². The number of hydrogen-bond acceptors (Lipinski definition) is 7. The van der Waals surface area contributed by atoms with Gasteiger partial charge in [-0.2, -0.15) is 4.31 Å². The number of rotatable bonds is 10. The van der Waals surface area contributed by atoms with Gasteiger partial charge in [-0.15, -0.1) is 11.8 Å². The van der Waals surface area contributed by atoms with E-state index in [0.717, 1.165) is 15.1 Å². The lowest BCUT2D eigenvalue weighted by atomic mass is 10.2. The van der Waals surface area contributed by atoms with Crippen molar-refractivity contribution in [2.24, 2.45) is 0 Å². The standard InChI is InChI=1S/C23H30N4O3S3/c1-6-26(7-2)33(29,30)18-13-11-17(12-14-18)22(28)27(16-15-25(3)4)23-24-21-19(31-5)9-8-10-20(21)32-23/h8-14H,6-7,15-16H2,1-5H3. The van der Waals surface area contributed by atoms with E-state index in [4.69, 9.17) is 4.98 Å². The second-order valence-electron chi connectivity index (χ2n) is 7.68. The van der Waals surface area contributed by atoms with Gasteiger partial charge >= 0.3 is 0 Å². The SMILES string of the molecule is CCN(CC)S(=O)(=O)c1ccc(C(=O)N(CCN(C)C)c2nc3c(SC)cccc3s2)cc1. The summed E-state index contributed by atoms with van der Waals surface area (Å²) in [6.07, 6.45) is 2.01. The van der Waals surface area contributed by atoms with Crippen LogP contribution in [0.2, 0.25) is 0 Å². The number of fused-ring (bicyclic) bond motifs is 1. The molecular weight excluding hydrogens is 476 g/mol. The molecule has 7 nitrogen and oxygen atoms in total. The third kappa shape index (κ3) is 5.58. The Bertz CT molecular complexity index is 1200. The van der Waals surface area contributed by atoms with Gasteiger partial charge in [-0.05, 0) is 56.7 Å². The van der Waals surface area contributed by atoms with Crippen molar-refractivity contribution in [3.05, 3.63) is 48.0 Å². The van der Waals surface area contributed by atoms with E-state index in [1.165, 1.54) is 27.8 Å². The van der Waals surface area contributed by atoms with Gasteiger partial charge in [0, 0.05) is 36.6 Å². The van der Waals surface area contributed by atoms with Gasteiger partial charge in [-0.3, -0.25) is 9.69 Å². The molecule has 0 radical (unpaired) electrons. The summed E-state index contributed by atoms with van der Waals surface area (Å²) in [4.78, 5) is 23.3. The fourth-order valence-corrected chi connectivity index (χ4v) is 6.52. The molecule has 0 fully saturated rings. The number of thiazole rings is 1. The molecule has 3 aromatic rings. The average molecular weight is 507 g/mol. The first-order valence-corrected chi connectivity index (χ1v) is 14.2. The maximum atomic E-state index is 13.5. The van der Waals surface area contributed by atoms with Gasteiger partial charge in [-0.1, -0.05) is 31.3 Å². The lowest BCUT2D eigenvalue weighted by Gasteiger charge is -2.22. The van der Waals surface area contributed by atoms with E-state index in [1.54, 1.807) is 28.8 Å². The topological polar surface area (TPSA) is 73.8 Å². The first kappa shape index (κ1) is 25.6. The number of para-hydroxylation sites is 1. The fraction of sp³-hybridized carbons (Fsp3) is 0.391. The van der Waals surface area contributed by atoms with Crippen LogP contribution in [0.1, 0.15) is 24.2 Å². The highest BCUT2D eigenvalue weighted by atomic mass is 32.2. The molecule has 0 bridgehead atoms. The van der Waals surface area contributed by atoms with Gasteiger partial charge in [-0.25, -0.2) is 13.4 Å². The first-order chi connectivity index (χ1) is 15.7. The van der Waals surface area contributed by atoms with E-state index in [9.17, 15) is 13.2 Å². The average Bonchev–Trinajstić information content (AvgIpc) is 3.23. The molecule has 1 amide bonds. The van der Waals surface area contributed by atoms with Crippen LogP contribution in [0.15, 0.2) is 52.3 Å². The lowest BCUT2D eigenvalue weighted by molar-refractivity contribution is 0.0985. The van der Waals surface area contributed by atoms with Gasteiger partial charge in [0.05, 0.1) is 15.1 Å². The van der Waals surface area contributed by atoms with E-state index in [0.29, 0.717) is 36.9 Å². The minimum absolute atomic E-state index is 0.187. The Labute approximate surface area is 204 Å². The highest BCUT2D eigenvalue weighted by Crippen LogP contribution is 2.34. The summed E-state index contributed by atoms with van der Waals surface area (Å²) in [5.41, 5.74) is 1.32. The zero-order chi connectivity index (χ0) is 24.2. The maximum Gasteiger partial charge on any atom is 0.260 e. The van der Waals surface area contributed by atoms with Crippen molar-refractivity contribution in [3.63, 3.8) is 0 Å². The summed E-state index contributed by atoms with van der Waals surface area (Å²) < 4.78 is 28.0. The molecule has 0 aliphatic carbocycles. The van der Waals surface area contributed by atoms with Crippen molar-refractivity contribution in [1.82, 2.24) is 14.2 Å². The molecule has 3 rings (SSSR count). The smallest absolute Gasteiger partial charge is 0.260 e. The molecule has 10 heteroatoms. The van der Waals surface area contributed by atoms with Gasteiger partial charge in [0.15, 0.2) is 5.13 Å². The van der Waals surface area contributed by atoms with Crippen LogP contribution in [0.3, 0.4) is 0 Å². The number of nitrogens with zero attached hydrogens (tertiary/aromatic N) is 4. The van der Waals surface area contributed by atoms with Crippen LogP contribution < -0.4 is 4.90 Å². The molecule has 0 saturated heterocycles. The summed E-state index contributed by atoms with van der Waals surface area (Å²) >= 11 is 3.11. The van der Waals surface area contributed by atoms with E-state index in [2.05, 4.69) is 0 Å². The Kier molecular flexibility index (Phi) is 8.52. The van der Waals surface area contributed by atoms with E-state index >= 15 is 0 Å². The van der Waals surface area contributed by atoms with Gasteiger partial charge in [0.2, 0.25) is 10.0 Å². The summed E-state index contributed by atoms with van der Waals surface area (Å²) in [5, 5.41) is 0.637. The molecule has 178 valence electrons. The highest BCUT2D eigenvalue weighted by Gasteiger charge is 2.25. The molecule has 1 aromatic heterocycles. The largest absolute Gasteiger partial charge is 0.308 e. The molecule has 0 aliphatic heterocycles. The summed E-state index contributed by atoms with van der Waals surface area (Å²) in [6.45, 7) is 5.55. The lowest BCUT2D eigenvalue weighted by Crippen LogP contribution is -2.36. The zero-order valence-electron chi connectivity index (χ0n) is 19.6. The Morgan fingerprint density at radius 1 is 1.03 bits per heavy atom. The number of sulfonamides is 1. The number of hydrogen-bond donors (Lipinski definition) is 0. The number of likely N-dealkylation sites (N-methyl/N-ethyl adjacent to an activating group) is 1. The number of benzene rings is 2. The molecule has 0 atom stereocenters. The van der Waals surface area contributed by atoms with Gasteiger partial charge in [0.25, 0.3) is 5.91 Å². The maximum absolute atomic E-state index is 13.5. The molecule has 0 saturated carbocycles. The molecule has 0 N–H and O–H groups in total. The minimum Gasteiger partial charge on any atom is -0.308 e. The molecule has 33 heavy (non-hydrogen) atoms. The Morgan fingerprint density at radius 2 is 1.70 bits per heavy atom. The van der Waals surface area contributed by atoms with Crippen LogP contribution >= 0.6 is 23.1 Å². The monoisotopic (exact) mass is 506 g/mol. The van der Waals surface area contributed by atoms with Crippen molar-refractivity contribution in [2.45, 2.75) is 23.6 Å². The molecule has 0 unspecified atom stereocenters. The Balaban J connectivity index is 1.96. The van der Waals surface area contributed by atoms with Crippen LogP contribution in [-0.2, 0) is 10.0 Å². The number of anilines is 1. The molecule has 0 aliphatic rings. The van der Waals surface area contributed by atoms with Crippen molar-refractivity contribution in [3.8, 4) is 0 Å². The molecule has 1 heterocycles. The minimum atomic E-state index is -3.57. The third-order valence-corrected chi connectivity index (χ3v) is 9.16. The van der Waals surface area contributed by atoms with Crippen molar-refractivity contribution < 1.29 is 13.2 Å². The van der Waals surface area contributed by atoms with Crippen molar-refractivity contribution in [1.29, 1.82) is 0 Å². The van der Waals surface area contributed by atoms with E-state index in [-0.39, 0.29) is 10.8 Å². The number of aromatic nitrogens is 1. The van der Waals surface area contributed by atoms with Crippen LogP contribution in [0.5, 0.6) is 0 Å². The van der Waals surface area contributed by atoms with Crippen LogP contribution in [0.25, 0.3) is 10.2 Å². The first-order valence-electron chi connectivity index (χ1n) is 10.7. The highest BCUT2D eigenvalue weighted by molar-refractivity contribution is 7.98. The molecule has 0 spiro atoms. The predicted molar refractivity (Wildman–Crippen MR) is 138 cm³/mol.